The number of esters is 1. The monoisotopic (exact) mass is 431 g/mol. The molecule has 1 aromatic rings. The van der Waals surface area contributed by atoms with Crippen molar-refractivity contribution >= 4 is 21.6 Å². The van der Waals surface area contributed by atoms with E-state index in [1.165, 1.54) is 12.1 Å². The maximum absolute atomic E-state index is 13.1. The van der Waals surface area contributed by atoms with Gasteiger partial charge in [-0.2, -0.15) is 0 Å². The molecule has 0 saturated heterocycles. The van der Waals surface area contributed by atoms with E-state index in [1.807, 2.05) is 37.0 Å². The Hall–Kier alpha value is -2.41. The molecule has 0 spiro atoms. The molecule has 0 bridgehead atoms. The normalized spacial score (nSPS) is 21.4. The molecule has 30 heavy (non-hydrogen) atoms. The number of allylic oxidation sites excluding steroid dienone is 1. The van der Waals surface area contributed by atoms with E-state index >= 15 is 0 Å². The van der Waals surface area contributed by atoms with Crippen LogP contribution in [0.2, 0.25) is 0 Å². The fraction of sp³-hybridized carbons (Fsp3) is 0.478. The van der Waals surface area contributed by atoms with Crippen molar-refractivity contribution < 1.29 is 22.7 Å². The lowest BCUT2D eigenvalue weighted by Crippen LogP contribution is -2.35. The molecule has 2 unspecified atom stereocenters. The molecule has 0 aliphatic carbocycles. The lowest BCUT2D eigenvalue weighted by molar-refractivity contribution is -0.150. The van der Waals surface area contributed by atoms with Crippen LogP contribution in [0.15, 0.2) is 53.1 Å². The molecule has 0 radical (unpaired) electrons. The Balaban J connectivity index is 1.78. The summed E-state index contributed by atoms with van der Waals surface area (Å²) in [6.07, 6.45) is 6.90. The first kappa shape index (κ1) is 22.3. The van der Waals surface area contributed by atoms with Crippen molar-refractivity contribution in [3.8, 4) is 0 Å². The molecule has 2 aliphatic heterocycles. The number of nitrogens with zero attached hydrogens (tertiary/aromatic N) is 1. The second kappa shape index (κ2) is 8.76. The van der Waals surface area contributed by atoms with Gasteiger partial charge >= 0.3 is 5.97 Å². The van der Waals surface area contributed by atoms with Crippen molar-refractivity contribution in [1.82, 2.24) is 4.90 Å². The van der Waals surface area contributed by atoms with E-state index < -0.39 is 21.1 Å². The van der Waals surface area contributed by atoms with Gasteiger partial charge in [0.1, 0.15) is 6.04 Å². The molecule has 2 heterocycles. The number of hydrogen-bond donors (Lipinski definition) is 0. The minimum atomic E-state index is -3.37. The zero-order valence-electron chi connectivity index (χ0n) is 17.9. The van der Waals surface area contributed by atoms with Gasteiger partial charge in [0.05, 0.1) is 22.2 Å². The van der Waals surface area contributed by atoms with Crippen LogP contribution < -0.4 is 0 Å². The Morgan fingerprint density at radius 2 is 1.77 bits per heavy atom. The second-order valence-electron chi connectivity index (χ2n) is 8.31. The minimum Gasteiger partial charge on any atom is -0.463 e. The highest BCUT2D eigenvalue weighted by atomic mass is 32.2. The fourth-order valence-corrected chi connectivity index (χ4v) is 4.79. The number of ketones is 1. The third-order valence-electron chi connectivity index (χ3n) is 5.41. The highest BCUT2D eigenvalue weighted by molar-refractivity contribution is 7.92. The van der Waals surface area contributed by atoms with Gasteiger partial charge in [0.2, 0.25) is 0 Å². The Labute approximate surface area is 178 Å². The van der Waals surface area contributed by atoms with E-state index in [4.69, 9.17) is 4.74 Å². The van der Waals surface area contributed by atoms with Crippen LogP contribution in [0, 0.1) is 5.92 Å². The maximum Gasteiger partial charge on any atom is 0.313 e. The number of ether oxygens (including phenoxy) is 1. The summed E-state index contributed by atoms with van der Waals surface area (Å²) in [6.45, 7) is 7.59. The van der Waals surface area contributed by atoms with E-state index in [1.54, 1.807) is 26.0 Å². The van der Waals surface area contributed by atoms with Crippen LogP contribution in [-0.4, -0.2) is 49.0 Å². The molecule has 1 aromatic carbocycles. The van der Waals surface area contributed by atoms with Crippen molar-refractivity contribution in [2.75, 3.05) is 6.54 Å². The van der Waals surface area contributed by atoms with Gasteiger partial charge in [0, 0.05) is 17.8 Å². The zero-order valence-corrected chi connectivity index (χ0v) is 18.7. The topological polar surface area (TPSA) is 80.8 Å². The van der Waals surface area contributed by atoms with Crippen molar-refractivity contribution in [3.05, 3.63) is 53.8 Å². The van der Waals surface area contributed by atoms with Crippen LogP contribution >= 0.6 is 0 Å². The number of fused-ring (bicyclic) bond motifs is 1. The van der Waals surface area contributed by atoms with Crippen molar-refractivity contribution in [1.29, 1.82) is 0 Å². The summed E-state index contributed by atoms with van der Waals surface area (Å²) in [5.74, 6) is -0.637. The highest BCUT2D eigenvalue weighted by Crippen LogP contribution is 2.30. The molecular weight excluding hydrogens is 402 g/mol. The van der Waals surface area contributed by atoms with Gasteiger partial charge in [-0.05, 0) is 64.8 Å². The smallest absolute Gasteiger partial charge is 0.313 e. The van der Waals surface area contributed by atoms with Gasteiger partial charge in [-0.3, -0.25) is 9.59 Å². The van der Waals surface area contributed by atoms with Crippen LogP contribution in [-0.2, 0) is 19.4 Å². The summed E-state index contributed by atoms with van der Waals surface area (Å²) in [5.41, 5.74) is 1.32. The molecule has 0 amide bonds. The van der Waals surface area contributed by atoms with Crippen LogP contribution in [0.1, 0.15) is 50.9 Å². The summed E-state index contributed by atoms with van der Waals surface area (Å²) >= 11 is 0. The molecule has 0 fully saturated rings. The van der Waals surface area contributed by atoms with E-state index in [-0.39, 0.29) is 28.7 Å². The summed E-state index contributed by atoms with van der Waals surface area (Å²) in [4.78, 5) is 27.7. The van der Waals surface area contributed by atoms with Gasteiger partial charge in [-0.15, -0.1) is 0 Å². The molecule has 162 valence electrons. The fourth-order valence-electron chi connectivity index (χ4n) is 3.73. The predicted octanol–water partition coefficient (Wildman–Crippen LogP) is 3.54. The third kappa shape index (κ3) is 4.51. The minimum absolute atomic E-state index is 0.0913. The van der Waals surface area contributed by atoms with Crippen molar-refractivity contribution in [3.63, 3.8) is 0 Å². The molecule has 0 N–H and O–H groups in total. The lowest BCUT2D eigenvalue weighted by Gasteiger charge is -2.26. The molecule has 0 aromatic heterocycles. The van der Waals surface area contributed by atoms with E-state index in [2.05, 4.69) is 0 Å². The largest absolute Gasteiger partial charge is 0.463 e. The average Bonchev–Trinajstić information content (AvgIpc) is 2.96. The first-order valence-electron chi connectivity index (χ1n) is 10.4. The molecule has 0 saturated carbocycles. The summed E-state index contributed by atoms with van der Waals surface area (Å²) in [5, 5.41) is -0.517. The van der Waals surface area contributed by atoms with Crippen LogP contribution in [0.4, 0.5) is 0 Å². The van der Waals surface area contributed by atoms with Crippen LogP contribution in [0.5, 0.6) is 0 Å². The van der Waals surface area contributed by atoms with Gasteiger partial charge in [-0.25, -0.2) is 8.42 Å². The number of benzene rings is 1. The molecular formula is C23H29NO5S. The highest BCUT2D eigenvalue weighted by Gasteiger charge is 2.33. The van der Waals surface area contributed by atoms with E-state index in [0.717, 1.165) is 12.1 Å². The van der Waals surface area contributed by atoms with Crippen molar-refractivity contribution in [2.24, 2.45) is 5.92 Å². The summed E-state index contributed by atoms with van der Waals surface area (Å²) in [6, 6.07) is 5.70. The van der Waals surface area contributed by atoms with Gasteiger partial charge in [0.15, 0.2) is 15.6 Å². The first-order chi connectivity index (χ1) is 14.1. The van der Waals surface area contributed by atoms with Gasteiger partial charge in [0.25, 0.3) is 0 Å². The lowest BCUT2D eigenvalue weighted by atomic mass is 10.0. The molecule has 3 rings (SSSR count). The van der Waals surface area contributed by atoms with E-state index in [9.17, 15) is 18.0 Å². The number of carbonyl (C=O) groups excluding carboxylic acids is 2. The third-order valence-corrected chi connectivity index (χ3v) is 7.58. The molecule has 7 heteroatoms. The average molecular weight is 432 g/mol. The van der Waals surface area contributed by atoms with E-state index in [0.29, 0.717) is 18.5 Å². The number of rotatable bonds is 6. The maximum atomic E-state index is 13.1. The number of Topliss-reactive ketones (excluding diaryl/α,β-unsaturated/α-hetero) is 1. The van der Waals surface area contributed by atoms with Crippen LogP contribution in [0.3, 0.4) is 0 Å². The number of sulfone groups is 1. The SMILES string of the molecule is CC(C)OC(=O)C1C=C2C=CC(C(=O)c3ccc(S(=O)(=O)C(C)C)cc3)N2CCC1. The summed E-state index contributed by atoms with van der Waals surface area (Å²) < 4.78 is 29.9. The Morgan fingerprint density at radius 3 is 2.37 bits per heavy atom. The Bertz CT molecular complexity index is 973. The van der Waals surface area contributed by atoms with Gasteiger partial charge < -0.3 is 9.64 Å². The van der Waals surface area contributed by atoms with Crippen LogP contribution in [0.25, 0.3) is 0 Å². The summed E-state index contributed by atoms with van der Waals surface area (Å²) in [7, 11) is -3.37. The predicted molar refractivity (Wildman–Crippen MR) is 115 cm³/mol. The molecule has 2 aliphatic rings. The zero-order chi connectivity index (χ0) is 22.1. The number of carbonyl (C=O) groups is 2. The first-order valence-corrected chi connectivity index (χ1v) is 11.9. The Kier molecular flexibility index (Phi) is 6.50. The standard InChI is InChI=1S/C23H29NO5S/c1-15(2)29-23(26)18-6-5-13-24-19(14-18)9-12-21(24)22(25)17-7-10-20(11-8-17)30(27,28)16(3)4/h7-12,14-16,18,21H,5-6,13H2,1-4H3. The number of hydrogen-bond acceptors (Lipinski definition) is 6. The molecule has 6 nitrogen and oxygen atoms in total. The second-order valence-corrected chi connectivity index (χ2v) is 10.8. The molecule has 2 atom stereocenters. The Morgan fingerprint density at radius 1 is 1.10 bits per heavy atom. The quantitative estimate of drug-likeness (QED) is 0.506. The van der Waals surface area contributed by atoms with Gasteiger partial charge in [-0.1, -0.05) is 18.2 Å². The van der Waals surface area contributed by atoms with Crippen molar-refractivity contribution in [2.45, 2.75) is 62.8 Å².